The third-order valence-electron chi connectivity index (χ3n) is 0.729. The minimum Gasteiger partial charge on any atom is -0.365 e. The van der Waals surface area contributed by atoms with Gasteiger partial charge in [-0.2, -0.15) is 8.42 Å². The van der Waals surface area contributed by atoms with Gasteiger partial charge in [-0.25, -0.2) is 9.78 Å². The molecule has 6 nitrogen and oxygen atoms in total. The van der Waals surface area contributed by atoms with E-state index in [0.29, 0.717) is 0 Å². The molecule has 8 heteroatoms. The van der Waals surface area contributed by atoms with Crippen LogP contribution in [0.15, 0.2) is 11.6 Å². The highest BCUT2D eigenvalue weighted by atomic mass is 32.2. The van der Waals surface area contributed by atoms with Gasteiger partial charge in [0.1, 0.15) is 0 Å². The van der Waals surface area contributed by atoms with Gasteiger partial charge in [-0.05, 0) is 0 Å². The summed E-state index contributed by atoms with van der Waals surface area (Å²) >= 11 is 1.05. The molecule has 66 valence electrons. The molecular formula is C4H3NO5S2. The standard InChI is InChI=1S/C4H3NO5S2/c6-4(10-12(7)8)9-3-5-1-2-11-3/h1-2,12H. The monoisotopic (exact) mass is 209 g/mol. The number of carbonyl (C=O) groups is 1. The Morgan fingerprint density at radius 1 is 1.58 bits per heavy atom. The Bertz CT molecular complexity index is 321. The molecule has 0 bridgehead atoms. The molecule has 1 aromatic heterocycles. The molecule has 0 atom stereocenters. The summed E-state index contributed by atoms with van der Waals surface area (Å²) in [6.45, 7) is 0. The van der Waals surface area contributed by atoms with Gasteiger partial charge in [-0.1, -0.05) is 11.3 Å². The van der Waals surface area contributed by atoms with Gasteiger partial charge in [0.25, 0.3) is 5.19 Å². The van der Waals surface area contributed by atoms with Crippen molar-refractivity contribution in [2.75, 3.05) is 0 Å². The van der Waals surface area contributed by atoms with E-state index in [0.717, 1.165) is 11.3 Å². The Hall–Kier alpha value is -1.15. The fourth-order valence-corrected chi connectivity index (χ4v) is 1.05. The van der Waals surface area contributed by atoms with Crippen LogP contribution in [0.4, 0.5) is 4.79 Å². The number of aromatic nitrogens is 1. The van der Waals surface area contributed by atoms with Gasteiger partial charge < -0.3 is 8.92 Å². The van der Waals surface area contributed by atoms with Crippen molar-refractivity contribution in [1.29, 1.82) is 0 Å². The number of nitrogens with zero attached hydrogens (tertiary/aromatic N) is 1. The zero-order valence-corrected chi connectivity index (χ0v) is 7.21. The lowest BCUT2D eigenvalue weighted by Gasteiger charge is -1.93. The van der Waals surface area contributed by atoms with Gasteiger partial charge in [0, 0.05) is 11.6 Å². The predicted molar refractivity (Wildman–Crippen MR) is 39.5 cm³/mol. The Morgan fingerprint density at radius 2 is 2.33 bits per heavy atom. The minimum absolute atomic E-state index is 0.0388. The molecule has 0 spiro atoms. The topological polar surface area (TPSA) is 82.6 Å². The van der Waals surface area contributed by atoms with Crippen LogP contribution < -0.4 is 4.74 Å². The zero-order chi connectivity index (χ0) is 8.97. The van der Waals surface area contributed by atoms with Crippen LogP contribution >= 0.6 is 11.3 Å². The maximum Gasteiger partial charge on any atom is 0.531 e. The van der Waals surface area contributed by atoms with E-state index in [-0.39, 0.29) is 5.19 Å². The number of hydrogen-bond acceptors (Lipinski definition) is 7. The summed E-state index contributed by atoms with van der Waals surface area (Å²) in [6.07, 6.45) is 0.103. The van der Waals surface area contributed by atoms with E-state index < -0.39 is 17.1 Å². The quantitative estimate of drug-likeness (QED) is 0.552. The van der Waals surface area contributed by atoms with Crippen molar-refractivity contribution in [2.45, 2.75) is 0 Å². The molecule has 1 heterocycles. The molecule has 0 aliphatic heterocycles. The van der Waals surface area contributed by atoms with Crippen molar-refractivity contribution in [1.82, 2.24) is 4.98 Å². The van der Waals surface area contributed by atoms with E-state index in [1.165, 1.54) is 6.20 Å². The smallest absolute Gasteiger partial charge is 0.365 e. The summed E-state index contributed by atoms with van der Waals surface area (Å²) in [6, 6.07) is 0. The van der Waals surface area contributed by atoms with Crippen molar-refractivity contribution in [3.05, 3.63) is 11.6 Å². The molecule has 0 N–H and O–H groups in total. The number of hydrogen-bond donors (Lipinski definition) is 1. The second-order valence-corrected chi connectivity index (χ2v) is 2.95. The first-order valence-electron chi connectivity index (χ1n) is 2.62. The fourth-order valence-electron chi connectivity index (χ4n) is 0.412. The molecule has 12 heavy (non-hydrogen) atoms. The van der Waals surface area contributed by atoms with Crippen LogP contribution in [0.5, 0.6) is 5.19 Å². The highest BCUT2D eigenvalue weighted by Crippen LogP contribution is 2.13. The van der Waals surface area contributed by atoms with E-state index in [1.54, 1.807) is 5.38 Å². The first-order valence-corrected chi connectivity index (χ1v) is 4.59. The summed E-state index contributed by atoms with van der Waals surface area (Å²) in [4.78, 5) is 14.0. The number of rotatable bonds is 2. The van der Waals surface area contributed by atoms with Crippen LogP contribution in [0.3, 0.4) is 0 Å². The second kappa shape index (κ2) is 4.02. The van der Waals surface area contributed by atoms with E-state index in [4.69, 9.17) is 0 Å². The maximum absolute atomic E-state index is 10.5. The average molecular weight is 209 g/mol. The van der Waals surface area contributed by atoms with Crippen molar-refractivity contribution in [2.24, 2.45) is 0 Å². The third kappa shape index (κ3) is 2.84. The SMILES string of the molecule is O=C(Oc1nccs1)O[SH](=O)=O. The van der Waals surface area contributed by atoms with Crippen LogP contribution in [0.25, 0.3) is 0 Å². The lowest BCUT2D eigenvalue weighted by Crippen LogP contribution is -2.08. The van der Waals surface area contributed by atoms with E-state index in [2.05, 4.69) is 13.9 Å². The predicted octanol–water partition coefficient (Wildman–Crippen LogP) is 0.185. The van der Waals surface area contributed by atoms with Crippen LogP contribution in [0.2, 0.25) is 0 Å². The number of ether oxygens (including phenoxy) is 1. The molecule has 0 aliphatic rings. The van der Waals surface area contributed by atoms with Gasteiger partial charge in [0.15, 0.2) is 0 Å². The summed E-state index contributed by atoms with van der Waals surface area (Å²) in [5, 5.41) is 1.61. The maximum atomic E-state index is 10.5. The summed E-state index contributed by atoms with van der Waals surface area (Å²) in [5.74, 6) is 0. The molecule has 0 aromatic carbocycles. The van der Waals surface area contributed by atoms with E-state index in [1.807, 2.05) is 0 Å². The third-order valence-corrected chi connectivity index (χ3v) is 1.68. The molecule has 0 radical (unpaired) electrons. The largest absolute Gasteiger partial charge is 0.531 e. The van der Waals surface area contributed by atoms with Gasteiger partial charge in [-0.3, -0.25) is 0 Å². The Kier molecular flexibility index (Phi) is 3.00. The fraction of sp³-hybridized carbons (Fsp3) is 0. The minimum atomic E-state index is -3.22. The highest BCUT2D eigenvalue weighted by Gasteiger charge is 2.08. The molecule has 0 unspecified atom stereocenters. The summed E-state index contributed by atoms with van der Waals surface area (Å²) in [7, 11) is -3.22. The number of thiazole rings is 1. The lowest BCUT2D eigenvalue weighted by atomic mass is 11.0. The molecule has 0 saturated carbocycles. The molecular weight excluding hydrogens is 206 g/mol. The van der Waals surface area contributed by atoms with Gasteiger partial charge >= 0.3 is 17.1 Å². The van der Waals surface area contributed by atoms with Crippen LogP contribution in [-0.2, 0) is 15.2 Å². The summed E-state index contributed by atoms with van der Waals surface area (Å²) in [5.41, 5.74) is 0. The van der Waals surface area contributed by atoms with Gasteiger partial charge in [0.05, 0.1) is 0 Å². The van der Waals surface area contributed by atoms with Crippen LogP contribution in [0.1, 0.15) is 0 Å². The first-order chi connectivity index (χ1) is 5.68. The molecule has 0 amide bonds. The van der Waals surface area contributed by atoms with Crippen LogP contribution in [0, 0.1) is 0 Å². The lowest BCUT2D eigenvalue weighted by molar-refractivity contribution is 0.156. The van der Waals surface area contributed by atoms with Gasteiger partial charge in [0.2, 0.25) is 0 Å². The normalized spacial score (nSPS) is 9.75. The van der Waals surface area contributed by atoms with Crippen LogP contribution in [-0.4, -0.2) is 19.6 Å². The number of thiol groups is 1. The van der Waals surface area contributed by atoms with E-state index in [9.17, 15) is 13.2 Å². The first kappa shape index (κ1) is 8.94. The highest BCUT2D eigenvalue weighted by molar-refractivity contribution is 7.67. The molecule has 0 aliphatic carbocycles. The Labute approximate surface area is 72.9 Å². The van der Waals surface area contributed by atoms with Crippen molar-refractivity contribution in [3.8, 4) is 5.19 Å². The van der Waals surface area contributed by atoms with Crippen molar-refractivity contribution >= 4 is 28.5 Å². The summed E-state index contributed by atoms with van der Waals surface area (Å²) < 4.78 is 27.7. The zero-order valence-electron chi connectivity index (χ0n) is 5.50. The second-order valence-electron chi connectivity index (χ2n) is 1.46. The van der Waals surface area contributed by atoms with Crippen molar-refractivity contribution < 1.29 is 22.1 Å². The Balaban J connectivity index is 2.48. The molecule has 1 aromatic rings. The number of carbonyl (C=O) groups excluding carboxylic acids is 1. The van der Waals surface area contributed by atoms with E-state index >= 15 is 0 Å². The molecule has 1 rings (SSSR count). The Morgan fingerprint density at radius 3 is 2.83 bits per heavy atom. The molecule has 0 fully saturated rings. The van der Waals surface area contributed by atoms with Gasteiger partial charge in [-0.15, -0.1) is 0 Å². The molecule has 0 saturated heterocycles. The van der Waals surface area contributed by atoms with Crippen molar-refractivity contribution in [3.63, 3.8) is 0 Å². The average Bonchev–Trinajstić information content (AvgIpc) is 2.37.